The summed E-state index contributed by atoms with van der Waals surface area (Å²) in [5.74, 6) is 0.974. The third kappa shape index (κ3) is 4.64. The first-order valence-corrected chi connectivity index (χ1v) is 10.8. The van der Waals surface area contributed by atoms with Crippen molar-refractivity contribution in [2.45, 2.75) is 27.2 Å². The van der Waals surface area contributed by atoms with Gasteiger partial charge in [0.1, 0.15) is 5.75 Å². The number of rotatable bonds is 6. The molecule has 3 saturated heterocycles. The molecule has 0 amide bonds. The van der Waals surface area contributed by atoms with Crippen LogP contribution in [-0.2, 0) is 0 Å². The zero-order valence-electron chi connectivity index (χ0n) is 16.4. The maximum Gasteiger partial charge on any atom is 0.119 e. The zero-order valence-corrected chi connectivity index (χ0v) is 17.2. The van der Waals surface area contributed by atoms with Gasteiger partial charge in [-0.3, -0.25) is 4.90 Å². The summed E-state index contributed by atoms with van der Waals surface area (Å²) in [7, 11) is 0. The molecule has 0 aliphatic carbocycles. The summed E-state index contributed by atoms with van der Waals surface area (Å²) < 4.78 is 7.35. The Morgan fingerprint density at radius 1 is 1.15 bits per heavy atom. The number of aromatic nitrogens is 1. The van der Waals surface area contributed by atoms with Gasteiger partial charge in [-0.15, -0.1) is 11.3 Å². The maximum atomic E-state index is 6.03. The molecule has 0 radical (unpaired) electrons. The van der Waals surface area contributed by atoms with Crippen molar-refractivity contribution in [3.63, 3.8) is 0 Å². The minimum absolute atomic E-state index is 0.814. The number of quaternary nitrogens is 1. The molecule has 5 heteroatoms. The second-order valence-corrected chi connectivity index (χ2v) is 8.29. The Hall–Kier alpha value is -1.43. The van der Waals surface area contributed by atoms with Crippen LogP contribution in [0.1, 0.15) is 25.3 Å². The van der Waals surface area contributed by atoms with Gasteiger partial charge in [0.15, 0.2) is 0 Å². The lowest BCUT2D eigenvalue weighted by Gasteiger charge is -2.50. The molecule has 142 valence electrons. The molecule has 0 unspecified atom stereocenters. The fraction of sp³-hybridized carbons (Fsp3) is 0.571. The van der Waals surface area contributed by atoms with Crippen molar-refractivity contribution in [1.82, 2.24) is 9.88 Å². The summed E-state index contributed by atoms with van der Waals surface area (Å²) >= 11 is 1.73. The SMILES string of the molecule is CC.Cc1ncc(-c2cccc(OCCC[N+]34CCN(CC3)CC4)c2)s1. The van der Waals surface area contributed by atoms with Crippen LogP contribution in [0.3, 0.4) is 0 Å². The number of aryl methyl sites for hydroxylation is 1. The van der Waals surface area contributed by atoms with Gasteiger partial charge < -0.3 is 9.22 Å². The van der Waals surface area contributed by atoms with Gasteiger partial charge in [-0.25, -0.2) is 4.98 Å². The second kappa shape index (κ2) is 8.98. The molecule has 1 aromatic heterocycles. The highest BCUT2D eigenvalue weighted by Gasteiger charge is 2.37. The van der Waals surface area contributed by atoms with E-state index in [1.54, 1.807) is 11.3 Å². The highest BCUT2D eigenvalue weighted by molar-refractivity contribution is 7.15. The predicted molar refractivity (Wildman–Crippen MR) is 110 cm³/mol. The Bertz CT molecular complexity index is 678. The number of ether oxygens (including phenoxy) is 1. The Kier molecular flexibility index (Phi) is 6.68. The first-order chi connectivity index (χ1) is 12.7. The molecule has 2 aromatic rings. The standard InChI is InChI=1S/C19H26N3OS.C2H6/c1-16-20-15-19(24-16)17-4-2-5-18(14-17)23-13-3-9-22-10-6-21(7-11-22)8-12-22;1-2/h2,4-5,14-15H,3,6-13H2,1H3;1-2H3/q+1;. The third-order valence-corrected chi connectivity index (χ3v) is 6.42. The maximum absolute atomic E-state index is 6.03. The normalized spacial score (nSPS) is 24.0. The van der Waals surface area contributed by atoms with E-state index in [0.717, 1.165) is 23.8 Å². The largest absolute Gasteiger partial charge is 0.493 e. The fourth-order valence-corrected chi connectivity index (χ4v) is 4.66. The minimum atomic E-state index is 0.814. The summed E-state index contributed by atoms with van der Waals surface area (Å²) in [6, 6.07) is 8.40. The molecule has 3 fully saturated rings. The van der Waals surface area contributed by atoms with Gasteiger partial charge in [0.05, 0.1) is 42.7 Å². The van der Waals surface area contributed by atoms with Crippen molar-refractivity contribution in [2.24, 2.45) is 0 Å². The van der Waals surface area contributed by atoms with Gasteiger partial charge in [0, 0.05) is 32.3 Å². The third-order valence-electron chi connectivity index (χ3n) is 5.46. The second-order valence-electron chi connectivity index (χ2n) is 7.05. The molecule has 0 saturated carbocycles. The minimum Gasteiger partial charge on any atom is -0.493 e. The number of hydrogen-bond donors (Lipinski definition) is 0. The molecule has 3 aliphatic rings. The van der Waals surface area contributed by atoms with Crippen molar-refractivity contribution in [3.8, 4) is 16.2 Å². The van der Waals surface area contributed by atoms with E-state index in [9.17, 15) is 0 Å². The van der Waals surface area contributed by atoms with Crippen LogP contribution in [0.5, 0.6) is 5.75 Å². The van der Waals surface area contributed by atoms with E-state index in [-0.39, 0.29) is 0 Å². The van der Waals surface area contributed by atoms with E-state index in [1.165, 1.54) is 60.7 Å². The highest BCUT2D eigenvalue weighted by Crippen LogP contribution is 2.28. The summed E-state index contributed by atoms with van der Waals surface area (Å²) in [6.07, 6.45) is 3.09. The van der Waals surface area contributed by atoms with E-state index in [4.69, 9.17) is 4.74 Å². The molecule has 2 bridgehead atoms. The van der Waals surface area contributed by atoms with Crippen molar-refractivity contribution in [3.05, 3.63) is 35.5 Å². The van der Waals surface area contributed by atoms with Crippen LogP contribution in [0.2, 0.25) is 0 Å². The van der Waals surface area contributed by atoms with Gasteiger partial charge in [0.2, 0.25) is 0 Å². The molecule has 1 aromatic carbocycles. The molecule has 0 spiro atoms. The molecule has 4 heterocycles. The number of benzene rings is 1. The summed E-state index contributed by atoms with van der Waals surface area (Å²) in [4.78, 5) is 8.15. The van der Waals surface area contributed by atoms with Crippen molar-refractivity contribution < 1.29 is 9.22 Å². The van der Waals surface area contributed by atoms with Crippen LogP contribution in [-0.4, -0.2) is 66.8 Å². The Labute approximate surface area is 162 Å². The Balaban J connectivity index is 0.000000948. The number of hydrogen-bond acceptors (Lipinski definition) is 4. The number of piperazine rings is 3. The lowest BCUT2D eigenvalue weighted by Crippen LogP contribution is -2.67. The van der Waals surface area contributed by atoms with E-state index in [0.29, 0.717) is 0 Å². The number of fused-ring (bicyclic) bond motifs is 3. The van der Waals surface area contributed by atoms with Gasteiger partial charge >= 0.3 is 0 Å². The quantitative estimate of drug-likeness (QED) is 0.563. The van der Waals surface area contributed by atoms with E-state index in [1.807, 2.05) is 27.0 Å². The van der Waals surface area contributed by atoms with Crippen LogP contribution in [0, 0.1) is 6.92 Å². The van der Waals surface area contributed by atoms with E-state index < -0.39 is 0 Å². The average Bonchev–Trinajstić information content (AvgIpc) is 3.15. The summed E-state index contributed by atoms with van der Waals surface area (Å²) in [6.45, 7) is 16.0. The zero-order chi connectivity index (χ0) is 18.4. The summed E-state index contributed by atoms with van der Waals surface area (Å²) in [5.41, 5.74) is 1.20. The smallest absolute Gasteiger partial charge is 0.119 e. The number of thiazole rings is 1. The molecule has 3 aliphatic heterocycles. The van der Waals surface area contributed by atoms with Crippen molar-refractivity contribution >= 4 is 11.3 Å². The van der Waals surface area contributed by atoms with E-state index in [2.05, 4.69) is 34.1 Å². The molecular weight excluding hydrogens is 342 g/mol. The monoisotopic (exact) mass is 374 g/mol. The first kappa shape index (κ1) is 19.3. The predicted octanol–water partition coefficient (Wildman–Crippen LogP) is 4.06. The van der Waals surface area contributed by atoms with Crippen LogP contribution in [0.25, 0.3) is 10.4 Å². The number of nitrogens with zero attached hydrogens (tertiary/aromatic N) is 3. The van der Waals surface area contributed by atoms with Gasteiger partial charge in [-0.1, -0.05) is 26.0 Å². The van der Waals surface area contributed by atoms with Crippen LogP contribution in [0.4, 0.5) is 0 Å². The van der Waals surface area contributed by atoms with E-state index >= 15 is 0 Å². The first-order valence-electron chi connectivity index (χ1n) is 9.96. The van der Waals surface area contributed by atoms with Crippen molar-refractivity contribution in [2.75, 3.05) is 52.4 Å². The van der Waals surface area contributed by atoms with Crippen LogP contribution >= 0.6 is 11.3 Å². The van der Waals surface area contributed by atoms with Crippen LogP contribution < -0.4 is 4.74 Å². The van der Waals surface area contributed by atoms with Gasteiger partial charge in [-0.2, -0.15) is 0 Å². The Morgan fingerprint density at radius 2 is 1.88 bits per heavy atom. The van der Waals surface area contributed by atoms with Gasteiger partial charge in [0.25, 0.3) is 0 Å². The Morgan fingerprint density at radius 3 is 2.54 bits per heavy atom. The average molecular weight is 375 g/mol. The van der Waals surface area contributed by atoms with Crippen molar-refractivity contribution in [1.29, 1.82) is 0 Å². The van der Waals surface area contributed by atoms with Crippen LogP contribution in [0.15, 0.2) is 30.5 Å². The lowest BCUT2D eigenvalue weighted by atomic mass is 10.1. The fourth-order valence-electron chi connectivity index (χ4n) is 3.89. The topological polar surface area (TPSA) is 25.4 Å². The lowest BCUT2D eigenvalue weighted by molar-refractivity contribution is -0.941. The molecule has 4 nitrogen and oxygen atoms in total. The molecule has 0 N–H and O–H groups in total. The van der Waals surface area contributed by atoms with Gasteiger partial charge in [-0.05, 0) is 24.6 Å². The molecular formula is C21H32N3OS+. The summed E-state index contributed by atoms with van der Waals surface area (Å²) in [5, 5.41) is 1.10. The molecule has 26 heavy (non-hydrogen) atoms. The highest BCUT2D eigenvalue weighted by atomic mass is 32.1. The molecule has 5 rings (SSSR count). The molecule has 0 atom stereocenters.